The van der Waals surface area contributed by atoms with E-state index in [0.29, 0.717) is 31.9 Å². The number of fused-ring (bicyclic) bond motifs is 1. The number of amides is 4. The van der Waals surface area contributed by atoms with Crippen LogP contribution < -0.4 is 15.5 Å². The Hall–Kier alpha value is -3.06. The molecule has 0 bridgehead atoms. The summed E-state index contributed by atoms with van der Waals surface area (Å²) >= 11 is 0. The van der Waals surface area contributed by atoms with E-state index < -0.39 is 0 Å². The smallest absolute Gasteiger partial charge is 0.324 e. The van der Waals surface area contributed by atoms with Crippen molar-refractivity contribution in [1.82, 2.24) is 10.2 Å². The van der Waals surface area contributed by atoms with Gasteiger partial charge in [-0.15, -0.1) is 0 Å². The second kappa shape index (κ2) is 7.90. The summed E-state index contributed by atoms with van der Waals surface area (Å²) < 4.78 is 5.82. The summed E-state index contributed by atoms with van der Waals surface area (Å²) in [6.07, 6.45) is 0.760. The summed E-state index contributed by atoms with van der Waals surface area (Å²) in [5.74, 6) is 0. The van der Waals surface area contributed by atoms with Crippen molar-refractivity contribution in [3.63, 3.8) is 0 Å². The zero-order chi connectivity index (χ0) is 19.5. The minimum atomic E-state index is -0.298. The van der Waals surface area contributed by atoms with Crippen LogP contribution in [0.3, 0.4) is 0 Å². The first-order valence-electron chi connectivity index (χ1n) is 9.49. The first-order valence-corrected chi connectivity index (χ1v) is 9.49. The molecule has 0 spiro atoms. The van der Waals surface area contributed by atoms with Gasteiger partial charge in [0.25, 0.3) is 0 Å². The lowest BCUT2D eigenvalue weighted by Gasteiger charge is -2.26. The van der Waals surface area contributed by atoms with Gasteiger partial charge >= 0.3 is 12.1 Å². The van der Waals surface area contributed by atoms with Crippen LogP contribution in [0.5, 0.6) is 0 Å². The van der Waals surface area contributed by atoms with E-state index in [0.717, 1.165) is 17.7 Å². The van der Waals surface area contributed by atoms with E-state index in [9.17, 15) is 9.59 Å². The van der Waals surface area contributed by atoms with Crippen molar-refractivity contribution >= 4 is 23.4 Å². The molecule has 1 atom stereocenters. The molecule has 28 heavy (non-hydrogen) atoms. The van der Waals surface area contributed by atoms with Crippen molar-refractivity contribution in [2.45, 2.75) is 12.5 Å². The Labute approximate surface area is 164 Å². The predicted molar refractivity (Wildman–Crippen MR) is 108 cm³/mol. The molecule has 1 unspecified atom stereocenters. The molecule has 0 radical (unpaired) electrons. The third-order valence-electron chi connectivity index (χ3n) is 5.17. The van der Waals surface area contributed by atoms with Crippen LogP contribution in [-0.4, -0.2) is 50.3 Å². The number of rotatable bonds is 4. The molecule has 7 heteroatoms. The van der Waals surface area contributed by atoms with Gasteiger partial charge in [0.05, 0.1) is 6.61 Å². The summed E-state index contributed by atoms with van der Waals surface area (Å²) in [5, 5.41) is 5.72. The number of ether oxygens (including phenoxy) is 1. The molecular weight excluding hydrogens is 356 g/mol. The Bertz CT molecular complexity index is 885. The number of carbonyl (C=O) groups excluding carboxylic acids is 2. The largest absolute Gasteiger partial charge is 0.371 e. The highest BCUT2D eigenvalue weighted by atomic mass is 16.5. The monoisotopic (exact) mass is 380 g/mol. The summed E-state index contributed by atoms with van der Waals surface area (Å²) in [4.78, 5) is 27.9. The van der Waals surface area contributed by atoms with Crippen LogP contribution in [0.15, 0.2) is 48.5 Å². The molecule has 4 amide bonds. The molecule has 0 aromatic heterocycles. The number of anilines is 2. The van der Waals surface area contributed by atoms with Gasteiger partial charge in [0.15, 0.2) is 0 Å². The normalized spacial score (nSPS) is 18.8. The maximum Gasteiger partial charge on any atom is 0.324 e. The van der Waals surface area contributed by atoms with E-state index in [-0.39, 0.29) is 18.2 Å². The summed E-state index contributed by atoms with van der Waals surface area (Å²) in [6.45, 7) is 2.40. The number of carbonyl (C=O) groups is 2. The Morgan fingerprint density at radius 1 is 1.18 bits per heavy atom. The van der Waals surface area contributed by atoms with Crippen LogP contribution in [0.4, 0.5) is 21.0 Å². The van der Waals surface area contributed by atoms with Crippen LogP contribution in [-0.2, 0) is 11.2 Å². The van der Waals surface area contributed by atoms with Crippen molar-refractivity contribution in [2.75, 3.05) is 43.5 Å². The van der Waals surface area contributed by atoms with Gasteiger partial charge < -0.3 is 20.3 Å². The second-order valence-electron chi connectivity index (χ2n) is 7.05. The maximum atomic E-state index is 12.3. The highest BCUT2D eigenvalue weighted by molar-refractivity contribution is 5.95. The standard InChI is InChI=1S/C21H24N4O3/c1-24-10-11-25(21(24)27)17-7-4-6-16(13-17)23-20(26)22-14-19-18-8-3-2-5-15(18)9-12-28-19/h2-8,13,19H,9-12,14H2,1H3,(H2,22,23,26). The molecule has 4 rings (SSSR count). The number of likely N-dealkylation sites (N-methyl/N-ethyl adjacent to an activating group) is 1. The third-order valence-corrected chi connectivity index (χ3v) is 5.17. The topological polar surface area (TPSA) is 73.9 Å². The Morgan fingerprint density at radius 2 is 2.04 bits per heavy atom. The van der Waals surface area contributed by atoms with Gasteiger partial charge in [0.1, 0.15) is 6.10 Å². The fourth-order valence-corrected chi connectivity index (χ4v) is 3.64. The number of hydrogen-bond acceptors (Lipinski definition) is 3. The van der Waals surface area contributed by atoms with Crippen LogP contribution >= 0.6 is 0 Å². The molecule has 2 aliphatic heterocycles. The molecule has 2 aromatic rings. The van der Waals surface area contributed by atoms with Crippen LogP contribution in [0.2, 0.25) is 0 Å². The van der Waals surface area contributed by atoms with Gasteiger partial charge in [-0.3, -0.25) is 4.90 Å². The highest BCUT2D eigenvalue weighted by Gasteiger charge is 2.26. The average molecular weight is 380 g/mol. The molecule has 0 aliphatic carbocycles. The first kappa shape index (κ1) is 18.3. The summed E-state index contributed by atoms with van der Waals surface area (Å²) in [5.41, 5.74) is 3.82. The molecule has 0 saturated carbocycles. The van der Waals surface area contributed by atoms with Crippen LogP contribution in [0, 0.1) is 0 Å². The number of urea groups is 2. The lowest BCUT2D eigenvalue weighted by Crippen LogP contribution is -2.34. The van der Waals surface area contributed by atoms with Crippen molar-refractivity contribution in [3.8, 4) is 0 Å². The van der Waals surface area contributed by atoms with E-state index in [4.69, 9.17) is 4.74 Å². The van der Waals surface area contributed by atoms with E-state index in [2.05, 4.69) is 16.7 Å². The van der Waals surface area contributed by atoms with Crippen molar-refractivity contribution in [3.05, 3.63) is 59.7 Å². The summed E-state index contributed by atoms with van der Waals surface area (Å²) in [6, 6.07) is 15.1. The fraction of sp³-hybridized carbons (Fsp3) is 0.333. The second-order valence-corrected chi connectivity index (χ2v) is 7.05. The van der Waals surface area contributed by atoms with Gasteiger partial charge in [0.2, 0.25) is 0 Å². The number of hydrogen-bond donors (Lipinski definition) is 2. The molecule has 1 fully saturated rings. The maximum absolute atomic E-state index is 12.3. The van der Waals surface area contributed by atoms with E-state index in [1.165, 1.54) is 5.56 Å². The summed E-state index contributed by atoms with van der Waals surface area (Å²) in [7, 11) is 1.78. The number of nitrogens with one attached hydrogen (secondary N) is 2. The molecular formula is C21H24N4O3. The minimum Gasteiger partial charge on any atom is -0.371 e. The Morgan fingerprint density at radius 3 is 2.86 bits per heavy atom. The average Bonchev–Trinajstić information content (AvgIpc) is 3.05. The molecule has 2 aromatic carbocycles. The Balaban J connectivity index is 1.36. The molecule has 2 N–H and O–H groups in total. The molecule has 2 aliphatic rings. The lowest BCUT2D eigenvalue weighted by molar-refractivity contribution is 0.0444. The van der Waals surface area contributed by atoms with Crippen molar-refractivity contribution < 1.29 is 14.3 Å². The molecule has 2 heterocycles. The lowest BCUT2D eigenvalue weighted by atomic mass is 9.98. The van der Waals surface area contributed by atoms with Gasteiger partial charge in [-0.25, -0.2) is 9.59 Å². The van der Waals surface area contributed by atoms with Crippen LogP contribution in [0.1, 0.15) is 17.2 Å². The molecule has 146 valence electrons. The van der Waals surface area contributed by atoms with E-state index >= 15 is 0 Å². The number of nitrogens with zero attached hydrogens (tertiary/aromatic N) is 2. The Kier molecular flexibility index (Phi) is 5.16. The van der Waals surface area contributed by atoms with Crippen molar-refractivity contribution in [1.29, 1.82) is 0 Å². The zero-order valence-electron chi connectivity index (χ0n) is 15.9. The van der Waals surface area contributed by atoms with E-state index in [1.807, 2.05) is 36.4 Å². The first-order chi connectivity index (χ1) is 13.6. The fourth-order valence-electron chi connectivity index (χ4n) is 3.64. The van der Waals surface area contributed by atoms with Crippen molar-refractivity contribution in [2.24, 2.45) is 0 Å². The van der Waals surface area contributed by atoms with Gasteiger partial charge in [0, 0.05) is 38.1 Å². The van der Waals surface area contributed by atoms with Gasteiger partial charge in [-0.2, -0.15) is 0 Å². The van der Waals surface area contributed by atoms with Crippen LogP contribution in [0.25, 0.3) is 0 Å². The number of benzene rings is 2. The van der Waals surface area contributed by atoms with Gasteiger partial charge in [-0.1, -0.05) is 30.3 Å². The SMILES string of the molecule is CN1CCN(c2cccc(NC(=O)NCC3OCCc4ccccc43)c2)C1=O. The highest BCUT2D eigenvalue weighted by Crippen LogP contribution is 2.26. The minimum absolute atomic E-state index is 0.0327. The predicted octanol–water partition coefficient (Wildman–Crippen LogP) is 2.99. The van der Waals surface area contributed by atoms with Gasteiger partial charge in [-0.05, 0) is 35.7 Å². The van der Waals surface area contributed by atoms with E-state index in [1.54, 1.807) is 22.9 Å². The molecule has 7 nitrogen and oxygen atoms in total. The zero-order valence-corrected chi connectivity index (χ0v) is 15.9. The quantitative estimate of drug-likeness (QED) is 0.856. The third kappa shape index (κ3) is 3.80. The molecule has 1 saturated heterocycles.